The van der Waals surface area contributed by atoms with Gasteiger partial charge in [-0.25, -0.2) is 9.97 Å². The van der Waals surface area contributed by atoms with Crippen LogP contribution in [0.3, 0.4) is 0 Å². The third-order valence-electron chi connectivity index (χ3n) is 3.01. The summed E-state index contributed by atoms with van der Waals surface area (Å²) in [5.41, 5.74) is -0.0320. The second kappa shape index (κ2) is 5.63. The Balaban J connectivity index is 2.26. The number of halogens is 1. The van der Waals surface area contributed by atoms with Gasteiger partial charge in [-0.05, 0) is 20.4 Å². The molecule has 0 saturated carbocycles. The minimum Gasteiger partial charge on any atom is -0.389 e. The van der Waals surface area contributed by atoms with Crippen molar-refractivity contribution >= 4 is 22.6 Å². The summed E-state index contributed by atoms with van der Waals surface area (Å²) in [7, 11) is 1.82. The van der Waals surface area contributed by atoms with Crippen molar-refractivity contribution in [1.82, 2.24) is 24.6 Å². The summed E-state index contributed by atoms with van der Waals surface area (Å²) in [5, 5.41) is 15.2. The number of aryl methyl sites for hydroxylation is 1. The van der Waals surface area contributed by atoms with Crippen molar-refractivity contribution in [2.45, 2.75) is 32.9 Å². The van der Waals surface area contributed by atoms with Crippen LogP contribution in [0, 0.1) is 0 Å². The minimum absolute atomic E-state index is 0.414. The van der Waals surface area contributed by atoms with E-state index >= 15 is 0 Å². The Morgan fingerprint density at radius 2 is 2.10 bits per heavy atom. The van der Waals surface area contributed by atoms with Crippen LogP contribution in [-0.4, -0.2) is 48.4 Å². The zero-order chi connectivity index (χ0) is 14.9. The van der Waals surface area contributed by atoms with Crippen molar-refractivity contribution in [1.29, 1.82) is 0 Å². The Morgan fingerprint density at radius 3 is 2.70 bits per heavy atom. The predicted molar refractivity (Wildman–Crippen MR) is 78.6 cm³/mol. The van der Waals surface area contributed by atoms with E-state index in [9.17, 15) is 5.11 Å². The van der Waals surface area contributed by atoms with Crippen LogP contribution in [0.25, 0.3) is 11.0 Å². The number of aromatic nitrogens is 4. The van der Waals surface area contributed by atoms with Crippen LogP contribution in [0.1, 0.15) is 26.6 Å². The lowest BCUT2D eigenvalue weighted by atomic mass is 10.1. The molecular formula is C13H20ClN5O. The van der Waals surface area contributed by atoms with E-state index in [0.29, 0.717) is 24.1 Å². The van der Waals surface area contributed by atoms with Gasteiger partial charge in [-0.3, -0.25) is 9.58 Å². The minimum atomic E-state index is -0.754. The number of fused-ring (bicyclic) bond motifs is 1. The number of hydrogen-bond donors (Lipinski definition) is 1. The first-order valence-electron chi connectivity index (χ1n) is 6.59. The van der Waals surface area contributed by atoms with E-state index in [4.69, 9.17) is 11.6 Å². The number of nitrogens with zero attached hydrogens (tertiary/aromatic N) is 5. The summed E-state index contributed by atoms with van der Waals surface area (Å²) in [6, 6.07) is 0. The quantitative estimate of drug-likeness (QED) is 0.849. The van der Waals surface area contributed by atoms with Gasteiger partial charge in [0.05, 0.1) is 23.7 Å². The average Bonchev–Trinajstić information content (AvgIpc) is 2.69. The Hall–Kier alpha value is -1.24. The van der Waals surface area contributed by atoms with E-state index in [-0.39, 0.29) is 0 Å². The molecule has 0 unspecified atom stereocenters. The second-order valence-corrected chi connectivity index (χ2v) is 5.91. The van der Waals surface area contributed by atoms with Crippen molar-refractivity contribution in [3.63, 3.8) is 0 Å². The van der Waals surface area contributed by atoms with Gasteiger partial charge >= 0.3 is 0 Å². The van der Waals surface area contributed by atoms with Crippen LogP contribution >= 0.6 is 11.6 Å². The number of likely N-dealkylation sites (N-methyl/N-ethyl adjacent to an activating group) is 1. The molecule has 0 radical (unpaired) electrons. The Labute approximate surface area is 123 Å². The summed E-state index contributed by atoms with van der Waals surface area (Å²) < 4.78 is 1.68. The molecule has 2 aromatic rings. The molecule has 0 bridgehead atoms. The largest absolute Gasteiger partial charge is 0.389 e. The smallest absolute Gasteiger partial charge is 0.162 e. The summed E-state index contributed by atoms with van der Waals surface area (Å²) in [4.78, 5) is 10.9. The molecule has 2 heterocycles. The molecule has 0 spiro atoms. The average molecular weight is 298 g/mol. The fraction of sp³-hybridized carbons (Fsp3) is 0.615. The van der Waals surface area contributed by atoms with Crippen LogP contribution in [0.5, 0.6) is 0 Å². The zero-order valence-electron chi connectivity index (χ0n) is 12.3. The molecule has 0 aliphatic carbocycles. The topological polar surface area (TPSA) is 67.1 Å². The van der Waals surface area contributed by atoms with E-state index in [1.807, 2.05) is 14.0 Å². The maximum atomic E-state index is 9.91. The summed E-state index contributed by atoms with van der Waals surface area (Å²) >= 11 is 6.16. The first-order chi connectivity index (χ1) is 9.30. The fourth-order valence-corrected chi connectivity index (χ4v) is 2.36. The SMILES string of the molecule is CCN(Cc1nc(Cl)c2cnn(C)c2n1)CC(C)(C)O. The fourth-order valence-electron chi connectivity index (χ4n) is 2.13. The van der Waals surface area contributed by atoms with Gasteiger partial charge in [-0.15, -0.1) is 0 Å². The van der Waals surface area contributed by atoms with Crippen molar-refractivity contribution < 1.29 is 5.11 Å². The van der Waals surface area contributed by atoms with Crippen LogP contribution in [0.4, 0.5) is 0 Å². The Morgan fingerprint density at radius 1 is 1.40 bits per heavy atom. The lowest BCUT2D eigenvalue weighted by Crippen LogP contribution is -2.38. The van der Waals surface area contributed by atoms with Crippen molar-refractivity contribution in [2.24, 2.45) is 7.05 Å². The Kier molecular flexibility index (Phi) is 4.27. The molecule has 0 atom stereocenters. The molecule has 0 fully saturated rings. The monoisotopic (exact) mass is 297 g/mol. The van der Waals surface area contributed by atoms with Gasteiger partial charge in [0, 0.05) is 13.6 Å². The van der Waals surface area contributed by atoms with Crippen LogP contribution < -0.4 is 0 Å². The molecule has 0 saturated heterocycles. The predicted octanol–water partition coefficient (Wildman–Crippen LogP) is 1.61. The molecule has 6 nitrogen and oxygen atoms in total. The molecule has 2 aromatic heterocycles. The number of aliphatic hydroxyl groups is 1. The van der Waals surface area contributed by atoms with Crippen LogP contribution in [-0.2, 0) is 13.6 Å². The lowest BCUT2D eigenvalue weighted by molar-refractivity contribution is 0.0346. The van der Waals surface area contributed by atoms with E-state index in [2.05, 4.69) is 20.0 Å². The molecule has 0 aliphatic heterocycles. The van der Waals surface area contributed by atoms with Crippen LogP contribution in [0.2, 0.25) is 5.15 Å². The van der Waals surface area contributed by atoms with Crippen molar-refractivity contribution in [3.8, 4) is 0 Å². The molecule has 20 heavy (non-hydrogen) atoms. The molecule has 0 aromatic carbocycles. The van der Waals surface area contributed by atoms with E-state index < -0.39 is 5.60 Å². The summed E-state index contributed by atoms with van der Waals surface area (Å²) in [6.07, 6.45) is 1.66. The summed E-state index contributed by atoms with van der Waals surface area (Å²) in [6.45, 7) is 7.50. The van der Waals surface area contributed by atoms with Crippen molar-refractivity contribution in [3.05, 3.63) is 17.2 Å². The second-order valence-electron chi connectivity index (χ2n) is 5.55. The van der Waals surface area contributed by atoms with Gasteiger partial charge in [0.25, 0.3) is 0 Å². The van der Waals surface area contributed by atoms with E-state index in [0.717, 1.165) is 17.6 Å². The van der Waals surface area contributed by atoms with Gasteiger partial charge < -0.3 is 5.11 Å². The summed E-state index contributed by atoms with van der Waals surface area (Å²) in [5.74, 6) is 0.636. The third kappa shape index (κ3) is 3.45. The maximum absolute atomic E-state index is 9.91. The molecule has 0 amide bonds. The highest BCUT2D eigenvalue weighted by molar-refractivity contribution is 6.33. The highest BCUT2D eigenvalue weighted by Crippen LogP contribution is 2.20. The molecule has 110 valence electrons. The van der Waals surface area contributed by atoms with Gasteiger partial charge in [0.2, 0.25) is 0 Å². The van der Waals surface area contributed by atoms with Crippen molar-refractivity contribution in [2.75, 3.05) is 13.1 Å². The zero-order valence-corrected chi connectivity index (χ0v) is 13.0. The first kappa shape index (κ1) is 15.2. The normalized spacial score (nSPS) is 12.6. The molecular weight excluding hydrogens is 278 g/mol. The lowest BCUT2D eigenvalue weighted by Gasteiger charge is -2.27. The molecule has 2 rings (SSSR count). The van der Waals surface area contributed by atoms with Gasteiger partial charge in [-0.2, -0.15) is 5.10 Å². The van der Waals surface area contributed by atoms with E-state index in [1.165, 1.54) is 0 Å². The van der Waals surface area contributed by atoms with Gasteiger partial charge in [-0.1, -0.05) is 18.5 Å². The Bertz CT molecular complexity index is 605. The molecule has 1 N–H and O–H groups in total. The first-order valence-corrected chi connectivity index (χ1v) is 6.97. The van der Waals surface area contributed by atoms with Crippen LogP contribution in [0.15, 0.2) is 6.20 Å². The number of hydrogen-bond acceptors (Lipinski definition) is 5. The third-order valence-corrected chi connectivity index (χ3v) is 3.30. The highest BCUT2D eigenvalue weighted by atomic mass is 35.5. The maximum Gasteiger partial charge on any atom is 0.162 e. The highest BCUT2D eigenvalue weighted by Gasteiger charge is 2.19. The molecule has 0 aliphatic rings. The molecule has 7 heteroatoms. The number of rotatable bonds is 5. The van der Waals surface area contributed by atoms with Gasteiger partial charge in [0.15, 0.2) is 5.65 Å². The standard InChI is InChI=1S/C13H20ClN5O/c1-5-19(8-13(2,3)20)7-10-16-11(14)9-6-15-18(4)12(9)17-10/h6,20H,5,7-8H2,1-4H3. The van der Waals surface area contributed by atoms with Gasteiger partial charge in [0.1, 0.15) is 11.0 Å². The van der Waals surface area contributed by atoms with E-state index in [1.54, 1.807) is 24.7 Å².